The molecule has 0 aromatic carbocycles. The summed E-state index contributed by atoms with van der Waals surface area (Å²) in [5.74, 6) is -1.72. The van der Waals surface area contributed by atoms with Crippen molar-refractivity contribution in [2.45, 2.75) is 41.8 Å². The van der Waals surface area contributed by atoms with Gasteiger partial charge in [0.2, 0.25) is 0 Å². The highest BCUT2D eigenvalue weighted by molar-refractivity contribution is 9.25. The molecular formula is C9H16Br2Cl2O4. The van der Waals surface area contributed by atoms with E-state index in [2.05, 4.69) is 31.9 Å². The van der Waals surface area contributed by atoms with Gasteiger partial charge in [0.25, 0.3) is 0 Å². The average molecular weight is 419 g/mol. The normalized spacial score (nSPS) is 10.0. The van der Waals surface area contributed by atoms with Crippen LogP contribution in [0.2, 0.25) is 0 Å². The molecule has 104 valence electrons. The monoisotopic (exact) mass is 416 g/mol. The summed E-state index contributed by atoms with van der Waals surface area (Å²) in [6.07, 6.45) is 3.74. The summed E-state index contributed by atoms with van der Waals surface area (Å²) < 4.78 is -1.03. The van der Waals surface area contributed by atoms with Crippen LogP contribution < -0.4 is 0 Å². The summed E-state index contributed by atoms with van der Waals surface area (Å²) in [7, 11) is 0. The van der Waals surface area contributed by atoms with Gasteiger partial charge in [0.05, 0.1) is 0 Å². The van der Waals surface area contributed by atoms with Crippen LogP contribution in [0.3, 0.4) is 0 Å². The number of hydrogen-bond acceptors (Lipinski definition) is 2. The predicted octanol–water partition coefficient (Wildman–Crippen LogP) is 3.83. The van der Waals surface area contributed by atoms with E-state index in [0.29, 0.717) is 12.8 Å². The molecule has 0 aliphatic rings. The molecule has 0 aromatic rings. The Bertz CT molecular complexity index is 237. The highest BCUT2D eigenvalue weighted by Gasteiger charge is 2.30. The lowest BCUT2D eigenvalue weighted by molar-refractivity contribution is -0.138. The first-order valence-electron chi connectivity index (χ1n) is 4.69. The van der Waals surface area contributed by atoms with E-state index in [1.54, 1.807) is 0 Å². The second-order valence-corrected chi connectivity index (χ2v) is 7.09. The molecule has 0 amide bonds. The molecule has 0 saturated carbocycles. The number of unbranched alkanes of at least 4 members (excludes halogenated alkanes) is 3. The Morgan fingerprint density at radius 3 is 1.82 bits per heavy atom. The maximum absolute atomic E-state index is 10.7. The fourth-order valence-electron chi connectivity index (χ4n) is 1.08. The van der Waals surface area contributed by atoms with E-state index in [1.165, 1.54) is 0 Å². The third-order valence-electron chi connectivity index (χ3n) is 1.94. The predicted molar refractivity (Wildman–Crippen MR) is 78.1 cm³/mol. The lowest BCUT2D eigenvalue weighted by atomic mass is 10.1. The van der Waals surface area contributed by atoms with Crippen LogP contribution in [0.1, 0.15) is 38.5 Å². The van der Waals surface area contributed by atoms with Gasteiger partial charge in [0.15, 0.2) is 3.23 Å². The van der Waals surface area contributed by atoms with Gasteiger partial charge in [-0.3, -0.25) is 4.79 Å². The number of carbonyl (C=O) groups is 2. The van der Waals surface area contributed by atoms with Crippen molar-refractivity contribution in [1.82, 2.24) is 0 Å². The Balaban J connectivity index is -0.000000980. The van der Waals surface area contributed by atoms with Gasteiger partial charge in [-0.1, -0.05) is 51.1 Å². The quantitative estimate of drug-likeness (QED) is 0.464. The zero-order chi connectivity index (χ0) is 11.9. The molecule has 2 N–H and O–H groups in total. The van der Waals surface area contributed by atoms with Gasteiger partial charge in [-0.2, -0.15) is 0 Å². The molecule has 0 atom stereocenters. The van der Waals surface area contributed by atoms with E-state index in [9.17, 15) is 9.59 Å². The summed E-state index contributed by atoms with van der Waals surface area (Å²) in [5.41, 5.74) is 0. The Hall–Kier alpha value is 0.480. The highest BCUT2D eigenvalue weighted by Crippen LogP contribution is 2.32. The maximum Gasteiger partial charge on any atom is 0.331 e. The van der Waals surface area contributed by atoms with Crippen molar-refractivity contribution in [1.29, 1.82) is 0 Å². The molecular weight excluding hydrogens is 403 g/mol. The molecule has 0 aliphatic carbocycles. The molecule has 17 heavy (non-hydrogen) atoms. The minimum atomic E-state index is -1.03. The van der Waals surface area contributed by atoms with Gasteiger partial charge in [-0.25, -0.2) is 4.79 Å². The molecule has 0 radical (unpaired) electrons. The van der Waals surface area contributed by atoms with Gasteiger partial charge in [-0.05, 0) is 12.8 Å². The topological polar surface area (TPSA) is 74.6 Å². The number of rotatable bonds is 8. The van der Waals surface area contributed by atoms with Crippen LogP contribution in [-0.2, 0) is 9.59 Å². The minimum absolute atomic E-state index is 0. The van der Waals surface area contributed by atoms with Gasteiger partial charge in [0.1, 0.15) is 0 Å². The fraction of sp³-hybridized carbons (Fsp3) is 0.778. The van der Waals surface area contributed by atoms with Crippen LogP contribution in [-0.4, -0.2) is 25.4 Å². The number of hydrogen-bond donors (Lipinski definition) is 2. The summed E-state index contributed by atoms with van der Waals surface area (Å²) in [5, 5.41) is 17.1. The van der Waals surface area contributed by atoms with Crippen molar-refractivity contribution in [2.24, 2.45) is 0 Å². The molecule has 0 spiro atoms. The summed E-state index contributed by atoms with van der Waals surface area (Å²) in [6.45, 7) is 0. The van der Waals surface area contributed by atoms with Crippen LogP contribution in [0.25, 0.3) is 0 Å². The second kappa shape index (κ2) is 11.6. The molecule has 0 rings (SSSR count). The minimum Gasteiger partial charge on any atom is -0.481 e. The number of alkyl halides is 2. The second-order valence-electron chi connectivity index (χ2n) is 3.32. The van der Waals surface area contributed by atoms with Crippen molar-refractivity contribution in [2.75, 3.05) is 0 Å². The third kappa shape index (κ3) is 12.7. The standard InChI is InChI=1S/C9H14Br2O4.2ClH/c10-9(11,8(14)15)6-4-2-1-3-5-7(12)13;;/h1-6H2,(H,12,13)(H,14,15);2*1H. The van der Waals surface area contributed by atoms with Crippen LogP contribution in [0, 0.1) is 0 Å². The van der Waals surface area contributed by atoms with Gasteiger partial charge in [-0.15, -0.1) is 24.8 Å². The van der Waals surface area contributed by atoms with E-state index in [4.69, 9.17) is 10.2 Å². The largest absolute Gasteiger partial charge is 0.481 e. The van der Waals surface area contributed by atoms with E-state index < -0.39 is 15.2 Å². The first-order valence-corrected chi connectivity index (χ1v) is 6.28. The van der Waals surface area contributed by atoms with Gasteiger partial charge in [0, 0.05) is 6.42 Å². The van der Waals surface area contributed by atoms with Gasteiger partial charge >= 0.3 is 11.9 Å². The Morgan fingerprint density at radius 1 is 0.941 bits per heavy atom. The molecule has 0 fully saturated rings. The molecule has 8 heteroatoms. The zero-order valence-corrected chi connectivity index (χ0v) is 13.8. The molecule has 0 heterocycles. The van der Waals surface area contributed by atoms with Crippen molar-refractivity contribution < 1.29 is 19.8 Å². The van der Waals surface area contributed by atoms with Crippen molar-refractivity contribution in [3.05, 3.63) is 0 Å². The van der Waals surface area contributed by atoms with E-state index in [0.717, 1.165) is 19.3 Å². The number of halogens is 4. The van der Waals surface area contributed by atoms with Crippen LogP contribution in [0.15, 0.2) is 0 Å². The summed E-state index contributed by atoms with van der Waals surface area (Å²) >= 11 is 6.12. The van der Waals surface area contributed by atoms with Crippen LogP contribution >= 0.6 is 56.7 Å². The first kappa shape index (κ1) is 22.6. The smallest absolute Gasteiger partial charge is 0.331 e. The first-order chi connectivity index (χ1) is 6.86. The summed E-state index contributed by atoms with van der Waals surface area (Å²) in [4.78, 5) is 20.8. The van der Waals surface area contributed by atoms with Crippen molar-refractivity contribution >= 4 is 68.6 Å². The maximum atomic E-state index is 10.7. The summed E-state index contributed by atoms with van der Waals surface area (Å²) in [6, 6.07) is 0. The Labute approximate surface area is 130 Å². The molecule has 0 saturated heterocycles. The fourth-order valence-corrected chi connectivity index (χ4v) is 1.64. The van der Waals surface area contributed by atoms with Crippen molar-refractivity contribution in [3.8, 4) is 0 Å². The van der Waals surface area contributed by atoms with Crippen molar-refractivity contribution in [3.63, 3.8) is 0 Å². The number of carboxylic acid groups (broad SMARTS) is 2. The van der Waals surface area contributed by atoms with Crippen LogP contribution in [0.5, 0.6) is 0 Å². The highest BCUT2D eigenvalue weighted by atomic mass is 79.9. The Morgan fingerprint density at radius 2 is 1.41 bits per heavy atom. The number of carboxylic acids is 2. The van der Waals surface area contributed by atoms with Gasteiger partial charge < -0.3 is 10.2 Å². The molecule has 4 nitrogen and oxygen atoms in total. The molecule has 0 aliphatic heterocycles. The molecule has 0 aromatic heterocycles. The average Bonchev–Trinajstić information content (AvgIpc) is 2.10. The van der Waals surface area contributed by atoms with Crippen LogP contribution in [0.4, 0.5) is 0 Å². The molecule has 0 bridgehead atoms. The molecule has 0 unspecified atom stereocenters. The lowest BCUT2D eigenvalue weighted by Gasteiger charge is -2.14. The lowest BCUT2D eigenvalue weighted by Crippen LogP contribution is -2.23. The van der Waals surface area contributed by atoms with E-state index >= 15 is 0 Å². The number of aliphatic carboxylic acids is 2. The SMILES string of the molecule is Cl.Cl.O=C(O)CCCCCCC(Br)(Br)C(=O)O. The van der Waals surface area contributed by atoms with E-state index in [-0.39, 0.29) is 31.2 Å². The van der Waals surface area contributed by atoms with E-state index in [1.807, 2.05) is 0 Å². The Kier molecular flexibility index (Phi) is 15.4. The third-order valence-corrected chi connectivity index (χ3v) is 3.42. The zero-order valence-electron chi connectivity index (χ0n) is 9.03.